The number of halogens is 3. The molecule has 0 aliphatic carbocycles. The number of fused-ring (bicyclic) bond motifs is 2. The van der Waals surface area contributed by atoms with Gasteiger partial charge in [0.05, 0.1) is 29.6 Å². The van der Waals surface area contributed by atoms with Crippen molar-refractivity contribution in [3.63, 3.8) is 0 Å². The third-order valence-corrected chi connectivity index (χ3v) is 6.19. The van der Waals surface area contributed by atoms with Crippen LogP contribution in [-0.4, -0.2) is 47.5 Å². The number of alkyl halides is 3. The first-order valence-electron chi connectivity index (χ1n) is 9.23. The van der Waals surface area contributed by atoms with Crippen molar-refractivity contribution in [2.75, 3.05) is 11.9 Å². The zero-order chi connectivity index (χ0) is 21.3. The van der Waals surface area contributed by atoms with Crippen molar-refractivity contribution in [2.24, 2.45) is 0 Å². The van der Waals surface area contributed by atoms with Gasteiger partial charge in [0.1, 0.15) is 6.10 Å². The van der Waals surface area contributed by atoms with Gasteiger partial charge in [-0.1, -0.05) is 24.3 Å². The number of carbonyl (C=O) groups excluding carboxylic acids is 1. The van der Waals surface area contributed by atoms with Crippen LogP contribution in [0, 0.1) is 0 Å². The lowest BCUT2D eigenvalue weighted by molar-refractivity contribution is -0.137. The van der Waals surface area contributed by atoms with Crippen molar-refractivity contribution in [1.29, 1.82) is 0 Å². The Kier molecular flexibility index (Phi) is 5.92. The summed E-state index contributed by atoms with van der Waals surface area (Å²) in [6.07, 6.45) is -6.65. The summed E-state index contributed by atoms with van der Waals surface area (Å²) in [5.74, 6) is 0. The second kappa shape index (κ2) is 8.46. The van der Waals surface area contributed by atoms with Crippen molar-refractivity contribution in [3.8, 4) is 0 Å². The summed E-state index contributed by atoms with van der Waals surface area (Å²) < 4.78 is 50.0. The van der Waals surface area contributed by atoms with E-state index in [1.54, 1.807) is 0 Å². The fraction of sp³-hybridized carbons (Fsp3) is 0.350. The highest BCUT2D eigenvalue weighted by molar-refractivity contribution is 8.00. The number of aliphatic hydroxyl groups is 1. The number of hydrogen-bond donors (Lipinski definition) is 3. The zero-order valence-corrected chi connectivity index (χ0v) is 16.3. The molecule has 0 radical (unpaired) electrons. The SMILES string of the molecule is O=C(Nc1cccc(C(F)(F)F)c1)N[C@H]1[C@H](O)[C@@H](Sc2ccccc2)[C@@H]2OC[C@H]1O2. The van der Waals surface area contributed by atoms with E-state index < -0.39 is 47.6 Å². The summed E-state index contributed by atoms with van der Waals surface area (Å²) in [6, 6.07) is 12.2. The molecule has 2 aliphatic rings. The van der Waals surface area contributed by atoms with Crippen molar-refractivity contribution in [2.45, 2.75) is 40.9 Å². The Morgan fingerprint density at radius 1 is 1.13 bits per heavy atom. The van der Waals surface area contributed by atoms with E-state index in [9.17, 15) is 23.1 Å². The minimum Gasteiger partial charge on any atom is -0.389 e. The molecule has 0 spiro atoms. The van der Waals surface area contributed by atoms with Crippen LogP contribution in [0.25, 0.3) is 0 Å². The van der Waals surface area contributed by atoms with Crippen molar-refractivity contribution < 1.29 is 32.5 Å². The third-order valence-electron chi connectivity index (χ3n) is 4.87. The topological polar surface area (TPSA) is 79.8 Å². The van der Waals surface area contributed by atoms with Crippen LogP contribution >= 0.6 is 11.8 Å². The molecule has 160 valence electrons. The highest BCUT2D eigenvalue weighted by Gasteiger charge is 2.51. The average Bonchev–Trinajstić information content (AvgIpc) is 3.15. The normalized spacial score (nSPS) is 28.2. The molecule has 2 bridgehead atoms. The number of amides is 2. The Labute approximate surface area is 174 Å². The first-order valence-corrected chi connectivity index (χ1v) is 10.1. The molecule has 30 heavy (non-hydrogen) atoms. The fourth-order valence-electron chi connectivity index (χ4n) is 3.44. The second-order valence-electron chi connectivity index (χ2n) is 6.97. The van der Waals surface area contributed by atoms with Crippen LogP contribution < -0.4 is 10.6 Å². The first kappa shape index (κ1) is 21.0. The molecule has 2 heterocycles. The molecule has 2 aliphatic heterocycles. The zero-order valence-electron chi connectivity index (χ0n) is 15.5. The Hall–Kier alpha value is -2.27. The van der Waals surface area contributed by atoms with Crippen molar-refractivity contribution in [3.05, 3.63) is 60.2 Å². The lowest BCUT2D eigenvalue weighted by atomic mass is 10.00. The summed E-state index contributed by atoms with van der Waals surface area (Å²) in [6.45, 7) is 0.197. The number of benzene rings is 2. The second-order valence-corrected chi connectivity index (χ2v) is 8.22. The Bertz CT molecular complexity index is 899. The molecule has 2 aromatic carbocycles. The number of anilines is 1. The van der Waals surface area contributed by atoms with E-state index >= 15 is 0 Å². The van der Waals surface area contributed by atoms with Crippen LogP contribution in [0.5, 0.6) is 0 Å². The van der Waals surface area contributed by atoms with Gasteiger partial charge < -0.3 is 25.2 Å². The predicted molar refractivity (Wildman–Crippen MR) is 104 cm³/mol. The van der Waals surface area contributed by atoms with Gasteiger partial charge in [-0.3, -0.25) is 0 Å². The van der Waals surface area contributed by atoms with Gasteiger partial charge in [0, 0.05) is 10.6 Å². The van der Waals surface area contributed by atoms with Crippen LogP contribution in [-0.2, 0) is 15.7 Å². The molecule has 3 N–H and O–H groups in total. The fourth-order valence-corrected chi connectivity index (χ4v) is 4.63. The molecular weight excluding hydrogens is 421 g/mol. The maximum absolute atomic E-state index is 12.9. The molecule has 4 rings (SSSR count). The lowest BCUT2D eigenvalue weighted by Crippen LogP contribution is -2.60. The number of hydrogen-bond acceptors (Lipinski definition) is 5. The van der Waals surface area contributed by atoms with Gasteiger partial charge in [-0.15, -0.1) is 11.8 Å². The molecule has 6 nitrogen and oxygen atoms in total. The van der Waals surface area contributed by atoms with E-state index in [0.29, 0.717) is 0 Å². The molecule has 2 fully saturated rings. The van der Waals surface area contributed by atoms with Crippen LogP contribution in [0.2, 0.25) is 0 Å². The Morgan fingerprint density at radius 2 is 1.90 bits per heavy atom. The van der Waals surface area contributed by atoms with Crippen LogP contribution in [0.4, 0.5) is 23.7 Å². The molecule has 0 aromatic heterocycles. The Morgan fingerprint density at radius 3 is 2.63 bits per heavy atom. The number of rotatable bonds is 4. The average molecular weight is 440 g/mol. The van der Waals surface area contributed by atoms with E-state index in [-0.39, 0.29) is 12.3 Å². The van der Waals surface area contributed by atoms with Crippen LogP contribution in [0.3, 0.4) is 0 Å². The standard InChI is InChI=1S/C20H19F3N2O4S/c21-20(22,23)11-5-4-6-12(9-11)24-19(27)25-15-14-10-28-18(29-14)17(16(15)26)30-13-7-2-1-3-8-13/h1-9,14-18,26H,10H2,(H2,24,25,27)/t14-,15-,16+,17-,18-/m1/s1. The minimum absolute atomic E-state index is 0.00991. The first-order chi connectivity index (χ1) is 14.3. The number of thioether (sulfide) groups is 1. The summed E-state index contributed by atoms with van der Waals surface area (Å²) in [5.41, 5.74) is -0.878. The number of urea groups is 1. The summed E-state index contributed by atoms with van der Waals surface area (Å²) in [5, 5.41) is 15.4. The van der Waals surface area contributed by atoms with Crippen molar-refractivity contribution in [1.82, 2.24) is 5.32 Å². The molecule has 5 atom stereocenters. The van der Waals surface area contributed by atoms with Gasteiger partial charge >= 0.3 is 12.2 Å². The maximum atomic E-state index is 12.9. The van der Waals surface area contributed by atoms with E-state index in [2.05, 4.69) is 10.6 Å². The molecule has 2 saturated heterocycles. The van der Waals surface area contributed by atoms with E-state index in [1.807, 2.05) is 30.3 Å². The number of nitrogens with one attached hydrogen (secondary N) is 2. The smallest absolute Gasteiger partial charge is 0.389 e. The largest absolute Gasteiger partial charge is 0.416 e. The lowest BCUT2D eigenvalue weighted by Gasteiger charge is -2.38. The summed E-state index contributed by atoms with van der Waals surface area (Å²) >= 11 is 1.37. The van der Waals surface area contributed by atoms with Crippen LogP contribution in [0.1, 0.15) is 5.56 Å². The van der Waals surface area contributed by atoms with Crippen molar-refractivity contribution >= 4 is 23.5 Å². The predicted octanol–water partition coefficient (Wildman–Crippen LogP) is 3.47. The summed E-state index contributed by atoms with van der Waals surface area (Å²) in [4.78, 5) is 13.3. The van der Waals surface area contributed by atoms with Gasteiger partial charge in [-0.25, -0.2) is 4.79 Å². The highest BCUT2D eigenvalue weighted by atomic mass is 32.2. The van der Waals surface area contributed by atoms with E-state index in [4.69, 9.17) is 9.47 Å². The third kappa shape index (κ3) is 4.56. The van der Waals surface area contributed by atoms with E-state index in [0.717, 1.165) is 17.0 Å². The number of aliphatic hydroxyl groups excluding tert-OH is 1. The molecule has 10 heteroatoms. The van der Waals surface area contributed by atoms with Gasteiger partial charge in [0.25, 0.3) is 0 Å². The number of ether oxygens (including phenoxy) is 2. The van der Waals surface area contributed by atoms with E-state index in [1.165, 1.54) is 23.9 Å². The summed E-state index contributed by atoms with van der Waals surface area (Å²) in [7, 11) is 0. The quantitative estimate of drug-likeness (QED) is 0.679. The molecular formula is C20H19F3N2O4S. The van der Waals surface area contributed by atoms with Crippen LogP contribution in [0.15, 0.2) is 59.5 Å². The molecule has 0 saturated carbocycles. The molecule has 2 aromatic rings. The van der Waals surface area contributed by atoms with Gasteiger partial charge in [-0.2, -0.15) is 13.2 Å². The molecule has 0 unspecified atom stereocenters. The number of carbonyl (C=O) groups is 1. The minimum atomic E-state index is -4.51. The van der Waals surface area contributed by atoms with Gasteiger partial charge in [0.2, 0.25) is 0 Å². The Balaban J connectivity index is 1.44. The van der Waals surface area contributed by atoms with Gasteiger partial charge in [-0.05, 0) is 30.3 Å². The highest BCUT2D eigenvalue weighted by Crippen LogP contribution is 2.38. The maximum Gasteiger partial charge on any atom is 0.416 e. The molecule has 2 amide bonds. The van der Waals surface area contributed by atoms with Gasteiger partial charge in [0.15, 0.2) is 6.29 Å². The monoisotopic (exact) mass is 440 g/mol.